The number of ether oxygens (including phenoxy) is 3. The van der Waals surface area contributed by atoms with E-state index in [0.29, 0.717) is 5.70 Å². The number of likely N-dealkylation sites (N-methyl/N-ethyl adjacent to an activating group) is 1. The molecule has 0 amide bonds. The van der Waals surface area contributed by atoms with Crippen LogP contribution in [0.5, 0.6) is 17.2 Å². The third-order valence-electron chi connectivity index (χ3n) is 5.74. The Bertz CT molecular complexity index is 1000. The summed E-state index contributed by atoms with van der Waals surface area (Å²) in [6, 6.07) is 1.13. The summed E-state index contributed by atoms with van der Waals surface area (Å²) in [7, 11) is 4.70. The van der Waals surface area contributed by atoms with Crippen molar-refractivity contribution in [1.82, 2.24) is 25.1 Å². The van der Waals surface area contributed by atoms with Crippen LogP contribution in [-0.4, -0.2) is 86.5 Å². The first-order valence-electron chi connectivity index (χ1n) is 11.6. The van der Waals surface area contributed by atoms with E-state index in [9.17, 15) is 8.78 Å². The zero-order valence-electron chi connectivity index (χ0n) is 20.8. The molecule has 0 atom stereocenters. The molecule has 3 rings (SSSR count). The highest BCUT2D eigenvalue weighted by Crippen LogP contribution is 2.31. The van der Waals surface area contributed by atoms with Crippen LogP contribution in [0, 0.1) is 17.0 Å². The first-order chi connectivity index (χ1) is 17.4. The number of methoxy groups -OCH3 is 2. The Labute approximate surface area is 209 Å². The third-order valence-corrected chi connectivity index (χ3v) is 5.74. The van der Waals surface area contributed by atoms with Gasteiger partial charge in [0.25, 0.3) is 0 Å². The average molecular weight is 506 g/mol. The fourth-order valence-corrected chi connectivity index (χ4v) is 3.58. The predicted molar refractivity (Wildman–Crippen MR) is 133 cm³/mol. The van der Waals surface area contributed by atoms with Crippen molar-refractivity contribution in [2.75, 3.05) is 65.9 Å². The number of aromatic nitrogens is 2. The fraction of sp³-hybridized carbons (Fsp3) is 0.458. The molecule has 1 fully saturated rings. The van der Waals surface area contributed by atoms with E-state index in [1.54, 1.807) is 6.20 Å². The molecule has 0 radical (unpaired) electrons. The quantitative estimate of drug-likeness (QED) is 0.280. The summed E-state index contributed by atoms with van der Waals surface area (Å²) < 4.78 is 44.3. The smallest absolute Gasteiger partial charge is 0.227 e. The molecule has 10 nitrogen and oxygen atoms in total. The van der Waals surface area contributed by atoms with E-state index in [1.807, 2.05) is 0 Å². The Hall–Kier alpha value is -3.51. The maximum absolute atomic E-state index is 14.5. The predicted octanol–water partition coefficient (Wildman–Crippen LogP) is 2.48. The van der Waals surface area contributed by atoms with E-state index in [-0.39, 0.29) is 28.8 Å². The molecule has 0 saturated carbocycles. The van der Waals surface area contributed by atoms with Crippen LogP contribution in [-0.2, 0) is 6.61 Å². The minimum Gasteiger partial charge on any atom is -0.494 e. The van der Waals surface area contributed by atoms with Crippen molar-refractivity contribution in [2.45, 2.75) is 13.0 Å². The summed E-state index contributed by atoms with van der Waals surface area (Å²) in [6.45, 7) is 5.78. The van der Waals surface area contributed by atoms with Crippen LogP contribution in [0.4, 0.5) is 14.7 Å². The van der Waals surface area contributed by atoms with Gasteiger partial charge in [0.05, 0.1) is 37.9 Å². The van der Waals surface area contributed by atoms with Gasteiger partial charge in [-0.25, -0.2) is 18.7 Å². The van der Waals surface area contributed by atoms with Gasteiger partial charge in [-0.15, -0.1) is 0 Å². The summed E-state index contributed by atoms with van der Waals surface area (Å²) in [5, 5.41) is 13.7. The maximum Gasteiger partial charge on any atom is 0.227 e. The molecule has 36 heavy (non-hydrogen) atoms. The lowest BCUT2D eigenvalue weighted by Gasteiger charge is -2.32. The number of nitrogens with zero attached hydrogens (tertiary/aromatic N) is 4. The highest BCUT2D eigenvalue weighted by Gasteiger charge is 2.20. The molecule has 2 heterocycles. The topological polar surface area (TPSA) is 108 Å². The van der Waals surface area contributed by atoms with E-state index in [0.717, 1.165) is 58.0 Å². The van der Waals surface area contributed by atoms with Crippen LogP contribution >= 0.6 is 0 Å². The summed E-state index contributed by atoms with van der Waals surface area (Å²) in [5.41, 5.74) is 0.150. The molecule has 0 bridgehead atoms. The minimum absolute atomic E-state index is 0.151. The Kier molecular flexibility index (Phi) is 10.2. The lowest BCUT2D eigenvalue weighted by Crippen LogP contribution is -2.45. The number of piperazine rings is 1. The number of hydrogen-bond donors (Lipinski definition) is 3. The maximum atomic E-state index is 14.5. The van der Waals surface area contributed by atoms with Gasteiger partial charge in [-0.3, -0.25) is 0 Å². The Morgan fingerprint density at radius 3 is 2.31 bits per heavy atom. The number of halogens is 2. The van der Waals surface area contributed by atoms with Crippen molar-refractivity contribution in [2.24, 2.45) is 0 Å². The molecular weight excluding hydrogens is 472 g/mol. The Morgan fingerprint density at radius 1 is 1.08 bits per heavy atom. The largest absolute Gasteiger partial charge is 0.494 e. The number of anilines is 1. The van der Waals surface area contributed by atoms with Gasteiger partial charge in [0, 0.05) is 51.2 Å². The standard InChI is InChI=1S/C24H33F2N7O3/c1-32-7-9-33(10-8-32)6-4-5-28-13-17(12-27)31-24-29-14-18(15-30-24)36-16-19-22(25)20(34-2)11-21(35-3)23(19)26/h11-15,27-28H,4-10,16H2,1-3H3,(H,29,30,31)/b17-13+,27-12?. The molecular formula is C24H33F2N7O3. The summed E-state index contributed by atoms with van der Waals surface area (Å²) >= 11 is 0. The van der Waals surface area contributed by atoms with Crippen molar-refractivity contribution >= 4 is 12.2 Å². The highest BCUT2D eigenvalue weighted by atomic mass is 19.1. The van der Waals surface area contributed by atoms with Gasteiger partial charge >= 0.3 is 0 Å². The summed E-state index contributed by atoms with van der Waals surface area (Å²) in [4.78, 5) is 13.1. The number of rotatable bonds is 13. The van der Waals surface area contributed by atoms with Gasteiger partial charge < -0.3 is 40.1 Å². The van der Waals surface area contributed by atoms with E-state index >= 15 is 0 Å². The molecule has 1 aromatic heterocycles. The second-order valence-electron chi connectivity index (χ2n) is 8.24. The molecule has 1 aliphatic rings. The van der Waals surface area contributed by atoms with Gasteiger partial charge in [-0.1, -0.05) is 0 Å². The monoisotopic (exact) mass is 505 g/mol. The van der Waals surface area contributed by atoms with Gasteiger partial charge in [-0.05, 0) is 20.0 Å². The minimum atomic E-state index is -0.869. The molecule has 0 unspecified atom stereocenters. The van der Waals surface area contributed by atoms with Crippen LogP contribution < -0.4 is 24.8 Å². The normalized spacial score (nSPS) is 14.9. The molecule has 1 aromatic carbocycles. The Balaban J connectivity index is 1.48. The molecule has 196 valence electrons. The summed E-state index contributed by atoms with van der Waals surface area (Å²) in [6.07, 6.45) is 6.59. The lowest BCUT2D eigenvalue weighted by molar-refractivity contribution is 0.153. The number of allylic oxidation sites excluding steroid dienone is 1. The molecule has 12 heteroatoms. The molecule has 0 aliphatic carbocycles. The van der Waals surface area contributed by atoms with Crippen LogP contribution in [0.25, 0.3) is 0 Å². The summed E-state index contributed by atoms with van der Waals surface area (Å²) in [5.74, 6) is -1.58. The van der Waals surface area contributed by atoms with Crippen LogP contribution in [0.15, 0.2) is 30.4 Å². The molecule has 3 N–H and O–H groups in total. The molecule has 2 aromatic rings. The molecule has 1 saturated heterocycles. The zero-order valence-corrected chi connectivity index (χ0v) is 20.8. The number of hydrogen-bond acceptors (Lipinski definition) is 10. The van der Waals surface area contributed by atoms with Gasteiger partial charge in [-0.2, -0.15) is 0 Å². The number of nitrogens with one attached hydrogen (secondary N) is 3. The Morgan fingerprint density at radius 2 is 1.72 bits per heavy atom. The van der Waals surface area contributed by atoms with Crippen molar-refractivity contribution in [1.29, 1.82) is 5.41 Å². The highest BCUT2D eigenvalue weighted by molar-refractivity contribution is 5.79. The number of benzene rings is 1. The SMILES string of the molecule is COc1cc(OC)c(F)c(COc2cnc(N/C(C=N)=C/NCCCN3CCN(C)CC3)nc2)c1F. The van der Waals surface area contributed by atoms with E-state index in [2.05, 4.69) is 37.4 Å². The van der Waals surface area contributed by atoms with Crippen molar-refractivity contribution in [3.05, 3.63) is 47.6 Å². The van der Waals surface area contributed by atoms with Crippen molar-refractivity contribution in [3.63, 3.8) is 0 Å². The zero-order chi connectivity index (χ0) is 25.9. The van der Waals surface area contributed by atoms with Crippen LogP contribution in [0.2, 0.25) is 0 Å². The second-order valence-corrected chi connectivity index (χ2v) is 8.24. The van der Waals surface area contributed by atoms with Gasteiger partial charge in [0.2, 0.25) is 5.95 Å². The van der Waals surface area contributed by atoms with Crippen molar-refractivity contribution < 1.29 is 23.0 Å². The second kappa shape index (κ2) is 13.5. The first-order valence-corrected chi connectivity index (χ1v) is 11.6. The van der Waals surface area contributed by atoms with Gasteiger partial charge in [0.15, 0.2) is 28.9 Å². The van der Waals surface area contributed by atoms with E-state index in [1.165, 1.54) is 26.6 Å². The fourth-order valence-electron chi connectivity index (χ4n) is 3.58. The molecule has 0 spiro atoms. The van der Waals surface area contributed by atoms with Crippen LogP contribution in [0.1, 0.15) is 12.0 Å². The first kappa shape index (κ1) is 27.1. The van der Waals surface area contributed by atoms with E-state index < -0.39 is 18.2 Å². The lowest BCUT2D eigenvalue weighted by atomic mass is 10.1. The third kappa shape index (κ3) is 7.49. The van der Waals surface area contributed by atoms with E-state index in [4.69, 9.17) is 19.6 Å². The van der Waals surface area contributed by atoms with Crippen LogP contribution in [0.3, 0.4) is 0 Å². The van der Waals surface area contributed by atoms with Gasteiger partial charge in [0.1, 0.15) is 6.61 Å². The van der Waals surface area contributed by atoms with Crippen molar-refractivity contribution in [3.8, 4) is 17.2 Å². The molecule has 1 aliphatic heterocycles. The average Bonchev–Trinajstić information content (AvgIpc) is 2.89.